The molecule has 31 heavy (non-hydrogen) atoms. The van der Waals surface area contributed by atoms with Crippen molar-refractivity contribution in [3.63, 3.8) is 0 Å². The van der Waals surface area contributed by atoms with Crippen molar-refractivity contribution in [2.24, 2.45) is 0 Å². The third-order valence-electron chi connectivity index (χ3n) is 5.58. The maximum atomic E-state index is 13.1. The molecule has 7 heteroatoms. The minimum Gasteiger partial charge on any atom is -0.350 e. The fraction of sp³-hybridized carbons (Fsp3) is 0.333. The van der Waals surface area contributed by atoms with Gasteiger partial charge in [-0.25, -0.2) is 4.98 Å². The maximum Gasteiger partial charge on any atom is 0.259 e. The van der Waals surface area contributed by atoms with E-state index in [-0.39, 0.29) is 29.4 Å². The number of piperidine rings is 1. The van der Waals surface area contributed by atoms with Gasteiger partial charge >= 0.3 is 0 Å². The van der Waals surface area contributed by atoms with Gasteiger partial charge in [-0.2, -0.15) is 0 Å². The lowest BCUT2D eigenvalue weighted by molar-refractivity contribution is -0.121. The lowest BCUT2D eigenvalue weighted by Crippen LogP contribution is -2.38. The number of aromatic nitrogens is 2. The van der Waals surface area contributed by atoms with Gasteiger partial charge in [-0.15, -0.1) is 0 Å². The summed E-state index contributed by atoms with van der Waals surface area (Å²) in [5.74, 6) is -0.487. The minimum absolute atomic E-state index is 0.0274. The number of nitrogens with zero attached hydrogens (tertiary/aromatic N) is 3. The summed E-state index contributed by atoms with van der Waals surface area (Å²) in [5.41, 5.74) is 1.90. The summed E-state index contributed by atoms with van der Waals surface area (Å²) in [7, 11) is 0. The van der Waals surface area contributed by atoms with Gasteiger partial charge in [0, 0.05) is 31.5 Å². The first-order chi connectivity index (χ1) is 15.0. The van der Waals surface area contributed by atoms with Crippen molar-refractivity contribution in [3.05, 3.63) is 75.7 Å². The number of fused-ring (bicyclic) bond motifs is 1. The molecule has 7 nitrogen and oxygen atoms in total. The van der Waals surface area contributed by atoms with Crippen LogP contribution < -0.4 is 10.7 Å². The van der Waals surface area contributed by atoms with Crippen LogP contribution in [0.3, 0.4) is 0 Å². The van der Waals surface area contributed by atoms with E-state index in [2.05, 4.69) is 10.3 Å². The molecule has 4 rings (SSSR count). The summed E-state index contributed by atoms with van der Waals surface area (Å²) in [6.45, 7) is 3.51. The maximum absolute atomic E-state index is 13.1. The van der Waals surface area contributed by atoms with Crippen molar-refractivity contribution >= 4 is 22.8 Å². The third-order valence-corrected chi connectivity index (χ3v) is 5.58. The Labute approximate surface area is 180 Å². The van der Waals surface area contributed by atoms with Gasteiger partial charge in [-0.05, 0) is 43.9 Å². The van der Waals surface area contributed by atoms with Crippen molar-refractivity contribution in [2.45, 2.75) is 39.3 Å². The molecule has 0 saturated carbocycles. The van der Waals surface area contributed by atoms with Crippen LogP contribution in [0.5, 0.6) is 0 Å². The van der Waals surface area contributed by atoms with Gasteiger partial charge in [0.05, 0.1) is 5.39 Å². The van der Waals surface area contributed by atoms with Gasteiger partial charge in [0.25, 0.3) is 5.91 Å². The van der Waals surface area contributed by atoms with Crippen LogP contribution in [-0.2, 0) is 17.9 Å². The highest BCUT2D eigenvalue weighted by Crippen LogP contribution is 2.15. The highest BCUT2D eigenvalue weighted by molar-refractivity contribution is 5.97. The lowest BCUT2D eigenvalue weighted by Gasteiger charge is -2.26. The Balaban J connectivity index is 1.65. The largest absolute Gasteiger partial charge is 0.350 e. The molecule has 1 N–H and O–H groups in total. The van der Waals surface area contributed by atoms with Crippen molar-refractivity contribution in [1.29, 1.82) is 0 Å². The summed E-state index contributed by atoms with van der Waals surface area (Å²) in [6.07, 6.45) is 4.47. The number of likely N-dealkylation sites (tertiary alicyclic amines) is 1. The van der Waals surface area contributed by atoms with Crippen LogP contribution in [0.25, 0.3) is 11.0 Å². The van der Waals surface area contributed by atoms with Crippen LogP contribution in [0.15, 0.2) is 53.5 Å². The van der Waals surface area contributed by atoms with Crippen LogP contribution in [0.1, 0.15) is 40.9 Å². The molecule has 1 aliphatic heterocycles. The van der Waals surface area contributed by atoms with Gasteiger partial charge in [0.1, 0.15) is 17.8 Å². The quantitative estimate of drug-likeness (QED) is 0.690. The fourth-order valence-corrected chi connectivity index (χ4v) is 3.91. The van der Waals surface area contributed by atoms with Crippen LogP contribution in [-0.4, -0.2) is 39.4 Å². The molecule has 0 atom stereocenters. The monoisotopic (exact) mass is 418 g/mol. The topological polar surface area (TPSA) is 84.3 Å². The molecule has 1 aromatic carbocycles. The predicted octanol–water partition coefficient (Wildman–Crippen LogP) is 2.65. The SMILES string of the molecule is Cc1ccc2c(=O)c(C(=O)N3CCCCC3)cn(CC(=O)NCc3ccccc3)c2n1. The van der Waals surface area contributed by atoms with Crippen LogP contribution in [0, 0.1) is 6.92 Å². The van der Waals surface area contributed by atoms with Crippen LogP contribution in [0.4, 0.5) is 0 Å². The average Bonchev–Trinajstić information content (AvgIpc) is 2.80. The highest BCUT2D eigenvalue weighted by atomic mass is 16.2. The Morgan fingerprint density at radius 1 is 1.03 bits per heavy atom. The molecule has 1 aliphatic rings. The molecule has 160 valence electrons. The number of rotatable bonds is 5. The zero-order valence-electron chi connectivity index (χ0n) is 17.6. The number of carbonyl (C=O) groups is 2. The first-order valence-corrected chi connectivity index (χ1v) is 10.6. The molecule has 1 fully saturated rings. The van der Waals surface area contributed by atoms with Crippen molar-refractivity contribution < 1.29 is 9.59 Å². The molecule has 0 radical (unpaired) electrons. The summed E-state index contributed by atoms with van der Waals surface area (Å²) in [5, 5.41) is 3.24. The zero-order chi connectivity index (χ0) is 21.8. The number of hydrogen-bond donors (Lipinski definition) is 1. The molecular weight excluding hydrogens is 392 g/mol. The normalized spacial score (nSPS) is 13.9. The number of carbonyl (C=O) groups excluding carboxylic acids is 2. The van der Waals surface area contributed by atoms with Crippen molar-refractivity contribution in [3.8, 4) is 0 Å². The van der Waals surface area contributed by atoms with Crippen LogP contribution >= 0.6 is 0 Å². The summed E-state index contributed by atoms with van der Waals surface area (Å²) in [4.78, 5) is 45.0. The number of hydrogen-bond acceptors (Lipinski definition) is 4. The van der Waals surface area contributed by atoms with Gasteiger partial charge in [0.2, 0.25) is 11.3 Å². The zero-order valence-corrected chi connectivity index (χ0v) is 17.6. The number of aryl methyl sites for hydroxylation is 1. The van der Waals surface area contributed by atoms with Gasteiger partial charge < -0.3 is 14.8 Å². The van der Waals surface area contributed by atoms with E-state index in [0.717, 1.165) is 30.5 Å². The predicted molar refractivity (Wildman–Crippen MR) is 119 cm³/mol. The average molecular weight is 418 g/mol. The smallest absolute Gasteiger partial charge is 0.259 e. The third kappa shape index (κ3) is 4.66. The number of pyridine rings is 2. The summed E-state index contributed by atoms with van der Waals surface area (Å²) in [6, 6.07) is 13.1. The van der Waals surface area contributed by atoms with Crippen molar-refractivity contribution in [1.82, 2.24) is 19.8 Å². The molecule has 2 amide bonds. The van der Waals surface area contributed by atoms with E-state index < -0.39 is 0 Å². The first-order valence-electron chi connectivity index (χ1n) is 10.6. The number of nitrogens with one attached hydrogen (secondary N) is 1. The Kier molecular flexibility index (Phi) is 6.11. The van der Waals surface area contributed by atoms with E-state index in [9.17, 15) is 14.4 Å². The molecule has 2 aromatic heterocycles. The van der Waals surface area contributed by atoms with E-state index in [4.69, 9.17) is 0 Å². The number of benzene rings is 1. The summed E-state index contributed by atoms with van der Waals surface area (Å²) < 4.78 is 1.61. The van der Waals surface area contributed by atoms with E-state index in [1.165, 1.54) is 6.20 Å². The Hall–Kier alpha value is -3.48. The van der Waals surface area contributed by atoms with Crippen molar-refractivity contribution in [2.75, 3.05) is 13.1 Å². The second-order valence-electron chi connectivity index (χ2n) is 7.94. The minimum atomic E-state index is -0.334. The highest BCUT2D eigenvalue weighted by Gasteiger charge is 2.23. The van der Waals surface area contributed by atoms with Gasteiger partial charge in [0.15, 0.2) is 0 Å². The number of amides is 2. The van der Waals surface area contributed by atoms with E-state index in [1.807, 2.05) is 37.3 Å². The lowest BCUT2D eigenvalue weighted by atomic mass is 10.1. The Morgan fingerprint density at radius 3 is 2.52 bits per heavy atom. The standard InChI is InChI=1S/C24H26N4O3/c1-17-10-11-19-22(30)20(24(31)27-12-6-3-7-13-27)15-28(23(19)26-17)16-21(29)25-14-18-8-4-2-5-9-18/h2,4-5,8-11,15H,3,6-7,12-14,16H2,1H3,(H,25,29). The molecule has 0 bridgehead atoms. The fourth-order valence-electron chi connectivity index (χ4n) is 3.91. The molecular formula is C24H26N4O3. The van der Waals surface area contributed by atoms with E-state index >= 15 is 0 Å². The molecule has 0 unspecified atom stereocenters. The Bertz CT molecular complexity index is 1160. The second kappa shape index (κ2) is 9.12. The van der Waals surface area contributed by atoms with E-state index in [0.29, 0.717) is 30.7 Å². The molecule has 0 aliphatic carbocycles. The van der Waals surface area contributed by atoms with Crippen LogP contribution in [0.2, 0.25) is 0 Å². The van der Waals surface area contributed by atoms with E-state index in [1.54, 1.807) is 21.6 Å². The molecule has 3 aromatic rings. The molecule has 3 heterocycles. The second-order valence-corrected chi connectivity index (χ2v) is 7.94. The van der Waals surface area contributed by atoms with Gasteiger partial charge in [-0.3, -0.25) is 14.4 Å². The molecule has 0 spiro atoms. The Morgan fingerprint density at radius 2 is 1.77 bits per heavy atom. The van der Waals surface area contributed by atoms with Gasteiger partial charge in [-0.1, -0.05) is 30.3 Å². The first kappa shape index (κ1) is 20.8. The molecule has 1 saturated heterocycles. The summed E-state index contributed by atoms with van der Waals surface area (Å²) >= 11 is 0.